The lowest BCUT2D eigenvalue weighted by atomic mass is 10.2. The van der Waals surface area contributed by atoms with Crippen molar-refractivity contribution in [2.45, 2.75) is 6.54 Å². The summed E-state index contributed by atoms with van der Waals surface area (Å²) in [7, 11) is 0. The number of nitrogens with zero attached hydrogens (tertiary/aromatic N) is 3. The van der Waals surface area contributed by atoms with Crippen LogP contribution in [0.3, 0.4) is 0 Å². The minimum atomic E-state index is -0.209. The second kappa shape index (κ2) is 4.88. The molecule has 0 aliphatic rings. The fourth-order valence-electron chi connectivity index (χ4n) is 2.36. The van der Waals surface area contributed by atoms with Gasteiger partial charge in [0.25, 0.3) is 11.1 Å². The Morgan fingerprint density at radius 3 is 2.91 bits per heavy atom. The van der Waals surface area contributed by atoms with E-state index < -0.39 is 0 Å². The van der Waals surface area contributed by atoms with Crippen LogP contribution in [0.25, 0.3) is 21.1 Å². The van der Waals surface area contributed by atoms with Crippen molar-refractivity contribution in [1.29, 1.82) is 0 Å². The third-order valence-corrected chi connectivity index (χ3v) is 4.31. The Bertz CT molecular complexity index is 1110. The van der Waals surface area contributed by atoms with Gasteiger partial charge in [0.1, 0.15) is 10.5 Å². The quantitative estimate of drug-likeness (QED) is 0.611. The van der Waals surface area contributed by atoms with Gasteiger partial charge in [-0.25, -0.2) is 9.97 Å². The summed E-state index contributed by atoms with van der Waals surface area (Å²) in [4.78, 5) is 35.8. The zero-order valence-corrected chi connectivity index (χ0v) is 12.1. The Labute approximate surface area is 127 Å². The van der Waals surface area contributed by atoms with E-state index in [1.54, 1.807) is 18.2 Å². The lowest BCUT2D eigenvalue weighted by Crippen LogP contribution is -2.23. The zero-order chi connectivity index (χ0) is 15.1. The number of para-hydroxylation sites is 1. The molecule has 0 amide bonds. The highest BCUT2D eigenvalue weighted by molar-refractivity contribution is 7.17. The molecule has 0 fully saturated rings. The van der Waals surface area contributed by atoms with Gasteiger partial charge in [-0.2, -0.15) is 0 Å². The Hall–Kier alpha value is -2.80. The van der Waals surface area contributed by atoms with E-state index in [0.717, 1.165) is 0 Å². The summed E-state index contributed by atoms with van der Waals surface area (Å²) in [5.41, 5.74) is 0.959. The number of fused-ring (bicyclic) bond motifs is 2. The van der Waals surface area contributed by atoms with Crippen LogP contribution in [-0.2, 0) is 6.54 Å². The molecule has 1 N–H and O–H groups in total. The van der Waals surface area contributed by atoms with Crippen LogP contribution in [0.15, 0.2) is 51.6 Å². The topological polar surface area (TPSA) is 80.6 Å². The molecule has 0 aliphatic heterocycles. The van der Waals surface area contributed by atoms with Crippen molar-refractivity contribution in [3.8, 4) is 0 Å². The summed E-state index contributed by atoms with van der Waals surface area (Å²) in [6.45, 7) is 0.180. The Morgan fingerprint density at radius 2 is 2.00 bits per heavy atom. The molecule has 0 spiro atoms. The van der Waals surface area contributed by atoms with Crippen LogP contribution >= 0.6 is 11.3 Å². The molecule has 0 atom stereocenters. The molecule has 6 nitrogen and oxygen atoms in total. The molecule has 4 aromatic rings. The summed E-state index contributed by atoms with van der Waals surface area (Å²) in [5, 5.41) is 2.37. The van der Waals surface area contributed by atoms with Gasteiger partial charge in [0.2, 0.25) is 0 Å². The number of hydrogen-bond acceptors (Lipinski definition) is 5. The maximum absolute atomic E-state index is 12.4. The van der Waals surface area contributed by atoms with E-state index in [2.05, 4.69) is 15.0 Å². The number of hydrogen-bond donors (Lipinski definition) is 1. The molecule has 108 valence electrons. The third-order valence-electron chi connectivity index (χ3n) is 3.42. The molecule has 4 rings (SSSR count). The first-order valence-electron chi connectivity index (χ1n) is 6.63. The van der Waals surface area contributed by atoms with Gasteiger partial charge in [-0.15, -0.1) is 11.3 Å². The van der Waals surface area contributed by atoms with Crippen LogP contribution in [0, 0.1) is 0 Å². The highest BCUT2D eigenvalue weighted by Crippen LogP contribution is 2.13. The lowest BCUT2D eigenvalue weighted by Gasteiger charge is -2.05. The Morgan fingerprint density at radius 1 is 1.14 bits per heavy atom. The van der Waals surface area contributed by atoms with Gasteiger partial charge in [-0.05, 0) is 23.6 Å². The van der Waals surface area contributed by atoms with E-state index in [9.17, 15) is 9.59 Å². The first-order chi connectivity index (χ1) is 10.7. The van der Waals surface area contributed by atoms with Gasteiger partial charge in [0.15, 0.2) is 0 Å². The molecule has 1 aromatic carbocycles. The second-order valence-corrected chi connectivity index (χ2v) is 5.76. The maximum Gasteiger partial charge on any atom is 0.271 e. The standard InChI is InChI=1S/C15H10N4O2S/c20-14-9-3-1-2-4-10(9)17-12(18-14)7-19-8-16-11-5-6-22-13(11)15(19)21/h1-6,8H,7H2,(H,17,18,20). The zero-order valence-electron chi connectivity index (χ0n) is 11.3. The van der Waals surface area contributed by atoms with Crippen molar-refractivity contribution in [3.05, 3.63) is 68.6 Å². The first-order valence-corrected chi connectivity index (χ1v) is 7.51. The average molecular weight is 310 g/mol. The van der Waals surface area contributed by atoms with Crippen molar-refractivity contribution >= 4 is 32.5 Å². The van der Waals surface area contributed by atoms with Crippen LogP contribution in [0.2, 0.25) is 0 Å². The molecule has 0 unspecified atom stereocenters. The van der Waals surface area contributed by atoms with Crippen molar-refractivity contribution in [1.82, 2.24) is 19.5 Å². The molecular weight excluding hydrogens is 300 g/mol. The molecule has 3 aromatic heterocycles. The highest BCUT2D eigenvalue weighted by atomic mass is 32.1. The van der Waals surface area contributed by atoms with Crippen LogP contribution < -0.4 is 11.1 Å². The molecule has 0 radical (unpaired) electrons. The van der Waals surface area contributed by atoms with E-state index >= 15 is 0 Å². The van der Waals surface area contributed by atoms with Crippen molar-refractivity contribution in [2.24, 2.45) is 0 Å². The fraction of sp³-hybridized carbons (Fsp3) is 0.0667. The summed E-state index contributed by atoms with van der Waals surface area (Å²) in [5.74, 6) is 0.434. The molecule has 7 heteroatoms. The van der Waals surface area contributed by atoms with Crippen molar-refractivity contribution in [3.63, 3.8) is 0 Å². The first kappa shape index (κ1) is 12.9. The van der Waals surface area contributed by atoms with Gasteiger partial charge in [-0.1, -0.05) is 12.1 Å². The molecule has 3 heterocycles. The Kier molecular flexibility index (Phi) is 2.87. The van der Waals surface area contributed by atoms with E-state index in [4.69, 9.17) is 0 Å². The van der Waals surface area contributed by atoms with Gasteiger partial charge in [-0.3, -0.25) is 14.2 Å². The summed E-state index contributed by atoms with van der Waals surface area (Å²) in [6, 6.07) is 8.91. The predicted octanol–water partition coefficient (Wildman–Crippen LogP) is 1.74. The minimum absolute atomic E-state index is 0.129. The lowest BCUT2D eigenvalue weighted by molar-refractivity contribution is 0.708. The molecule has 0 aliphatic carbocycles. The number of aromatic amines is 1. The second-order valence-electron chi connectivity index (χ2n) is 4.84. The number of benzene rings is 1. The molecule has 0 saturated carbocycles. The Balaban J connectivity index is 1.84. The monoisotopic (exact) mass is 310 g/mol. The summed E-state index contributed by atoms with van der Waals surface area (Å²) in [6.07, 6.45) is 1.48. The predicted molar refractivity (Wildman–Crippen MR) is 85.3 cm³/mol. The number of thiophene rings is 1. The average Bonchev–Trinajstić information content (AvgIpc) is 3.00. The molecule has 0 bridgehead atoms. The number of H-pyrrole nitrogens is 1. The molecular formula is C15H10N4O2S. The van der Waals surface area contributed by atoms with Gasteiger partial charge < -0.3 is 4.98 Å². The van der Waals surface area contributed by atoms with E-state index in [0.29, 0.717) is 26.9 Å². The van der Waals surface area contributed by atoms with Crippen molar-refractivity contribution in [2.75, 3.05) is 0 Å². The van der Waals surface area contributed by atoms with Crippen LogP contribution in [-0.4, -0.2) is 19.5 Å². The van der Waals surface area contributed by atoms with Crippen LogP contribution in [0.1, 0.15) is 5.82 Å². The van der Waals surface area contributed by atoms with Gasteiger partial charge >= 0.3 is 0 Å². The van der Waals surface area contributed by atoms with Gasteiger partial charge in [0.05, 0.1) is 29.3 Å². The highest BCUT2D eigenvalue weighted by Gasteiger charge is 2.08. The minimum Gasteiger partial charge on any atom is -0.308 e. The third kappa shape index (κ3) is 2.03. The fourth-order valence-corrected chi connectivity index (χ4v) is 3.16. The maximum atomic E-state index is 12.4. The summed E-state index contributed by atoms with van der Waals surface area (Å²) < 4.78 is 2.05. The van der Waals surface area contributed by atoms with E-state index in [-0.39, 0.29) is 17.7 Å². The van der Waals surface area contributed by atoms with E-state index in [1.165, 1.54) is 22.2 Å². The molecule has 22 heavy (non-hydrogen) atoms. The van der Waals surface area contributed by atoms with Crippen LogP contribution in [0.4, 0.5) is 0 Å². The summed E-state index contributed by atoms with van der Waals surface area (Å²) >= 11 is 1.36. The number of aromatic nitrogens is 4. The number of nitrogens with one attached hydrogen (secondary N) is 1. The van der Waals surface area contributed by atoms with Crippen molar-refractivity contribution < 1.29 is 0 Å². The largest absolute Gasteiger partial charge is 0.308 e. The smallest absolute Gasteiger partial charge is 0.271 e. The normalized spacial score (nSPS) is 11.3. The van der Waals surface area contributed by atoms with E-state index in [1.807, 2.05) is 17.5 Å². The SMILES string of the molecule is O=c1[nH]c(Cn2cnc3ccsc3c2=O)nc2ccccc12. The van der Waals surface area contributed by atoms with Gasteiger partial charge in [0, 0.05) is 0 Å². The molecule has 0 saturated heterocycles. The number of rotatable bonds is 2. The van der Waals surface area contributed by atoms with Crippen LogP contribution in [0.5, 0.6) is 0 Å².